The molecule has 0 spiro atoms. The number of hydrogen-bond donors (Lipinski definition) is 1. The first kappa shape index (κ1) is 15.9. The van der Waals surface area contributed by atoms with Crippen LogP contribution in [0.3, 0.4) is 0 Å². The highest BCUT2D eigenvalue weighted by Crippen LogP contribution is 2.29. The van der Waals surface area contributed by atoms with Gasteiger partial charge >= 0.3 is 0 Å². The fraction of sp³-hybridized carbons (Fsp3) is 1.00. The summed E-state index contributed by atoms with van der Waals surface area (Å²) < 4.78 is 5.76. The van der Waals surface area contributed by atoms with Gasteiger partial charge in [0.2, 0.25) is 0 Å². The number of hydrogen-bond acceptors (Lipinski definition) is 3. The Morgan fingerprint density at radius 2 is 2.17 bits per heavy atom. The zero-order chi connectivity index (χ0) is 13.4. The number of nitrogens with one attached hydrogen (secondary N) is 1. The summed E-state index contributed by atoms with van der Waals surface area (Å²) >= 11 is 0. The first-order valence-corrected chi connectivity index (χ1v) is 7.62. The van der Waals surface area contributed by atoms with Gasteiger partial charge in [0.1, 0.15) is 0 Å². The van der Waals surface area contributed by atoms with Crippen LogP contribution in [0.15, 0.2) is 0 Å². The molecule has 0 saturated carbocycles. The molecule has 0 radical (unpaired) electrons. The molecule has 3 nitrogen and oxygen atoms in total. The van der Waals surface area contributed by atoms with Crippen LogP contribution in [0.4, 0.5) is 0 Å². The van der Waals surface area contributed by atoms with Gasteiger partial charge < -0.3 is 15.0 Å². The van der Waals surface area contributed by atoms with Crippen LogP contribution in [0, 0.1) is 5.41 Å². The molecule has 3 heteroatoms. The van der Waals surface area contributed by atoms with Crippen LogP contribution in [0.5, 0.6) is 0 Å². The van der Waals surface area contributed by atoms with Gasteiger partial charge in [0, 0.05) is 31.2 Å². The second kappa shape index (κ2) is 8.13. The van der Waals surface area contributed by atoms with Gasteiger partial charge in [-0.3, -0.25) is 0 Å². The van der Waals surface area contributed by atoms with E-state index < -0.39 is 0 Å². The van der Waals surface area contributed by atoms with Gasteiger partial charge in [-0.15, -0.1) is 0 Å². The quantitative estimate of drug-likeness (QED) is 0.675. The predicted octanol–water partition coefficient (Wildman–Crippen LogP) is 2.51. The maximum absolute atomic E-state index is 5.76. The van der Waals surface area contributed by atoms with E-state index in [1.165, 1.54) is 25.7 Å². The van der Waals surface area contributed by atoms with E-state index in [-0.39, 0.29) is 0 Å². The molecule has 1 rings (SSSR count). The van der Waals surface area contributed by atoms with Crippen LogP contribution in [-0.4, -0.2) is 50.8 Å². The van der Waals surface area contributed by atoms with E-state index >= 15 is 0 Å². The summed E-state index contributed by atoms with van der Waals surface area (Å²) in [6.45, 7) is 12.0. The molecule has 1 aliphatic rings. The Balaban J connectivity index is 2.53. The summed E-state index contributed by atoms with van der Waals surface area (Å²) in [6, 6.07) is 0.662. The fourth-order valence-corrected chi connectivity index (χ4v) is 2.76. The average molecular weight is 256 g/mol. The smallest absolute Gasteiger partial charge is 0.0546 e. The summed E-state index contributed by atoms with van der Waals surface area (Å²) in [5, 5.41) is 3.60. The highest BCUT2D eigenvalue weighted by Gasteiger charge is 2.34. The van der Waals surface area contributed by atoms with Gasteiger partial charge in [-0.05, 0) is 46.2 Å². The Bertz CT molecular complexity index is 215. The monoisotopic (exact) mass is 256 g/mol. The fourth-order valence-electron chi connectivity index (χ4n) is 2.76. The molecule has 0 aromatic heterocycles. The van der Waals surface area contributed by atoms with E-state index in [4.69, 9.17) is 4.74 Å². The lowest BCUT2D eigenvalue weighted by Gasteiger charge is -2.41. The summed E-state index contributed by atoms with van der Waals surface area (Å²) in [5.74, 6) is 0. The first-order chi connectivity index (χ1) is 8.63. The maximum atomic E-state index is 5.76. The largest absolute Gasteiger partial charge is 0.381 e. The van der Waals surface area contributed by atoms with Crippen LogP contribution in [0.25, 0.3) is 0 Å². The highest BCUT2D eigenvalue weighted by molar-refractivity contribution is 4.87. The summed E-state index contributed by atoms with van der Waals surface area (Å²) in [7, 11) is 2.25. The Morgan fingerprint density at radius 3 is 2.72 bits per heavy atom. The summed E-state index contributed by atoms with van der Waals surface area (Å²) in [4.78, 5) is 2.50. The SMILES string of the molecule is CCCNCC1(CN(C)C(C)CC)CCCOC1. The Labute approximate surface area is 113 Å². The minimum absolute atomic E-state index is 0.325. The zero-order valence-corrected chi connectivity index (χ0v) is 12.8. The Hall–Kier alpha value is -0.120. The van der Waals surface area contributed by atoms with Crippen molar-refractivity contribution in [2.45, 2.75) is 52.5 Å². The van der Waals surface area contributed by atoms with E-state index in [0.29, 0.717) is 11.5 Å². The molecule has 1 heterocycles. The van der Waals surface area contributed by atoms with Gasteiger partial charge in [-0.1, -0.05) is 13.8 Å². The van der Waals surface area contributed by atoms with Gasteiger partial charge in [0.25, 0.3) is 0 Å². The number of ether oxygens (including phenoxy) is 1. The van der Waals surface area contributed by atoms with Crippen molar-refractivity contribution in [3.63, 3.8) is 0 Å². The van der Waals surface area contributed by atoms with Gasteiger partial charge in [0.15, 0.2) is 0 Å². The third kappa shape index (κ3) is 4.87. The minimum atomic E-state index is 0.325. The summed E-state index contributed by atoms with van der Waals surface area (Å²) in [6.07, 6.45) is 4.93. The van der Waals surface area contributed by atoms with Crippen molar-refractivity contribution in [3.05, 3.63) is 0 Å². The van der Waals surface area contributed by atoms with Crippen LogP contribution >= 0.6 is 0 Å². The normalized spacial score (nSPS) is 26.5. The molecule has 1 aliphatic heterocycles. The lowest BCUT2D eigenvalue weighted by Crippen LogP contribution is -2.49. The lowest BCUT2D eigenvalue weighted by atomic mass is 9.81. The van der Waals surface area contributed by atoms with Crippen molar-refractivity contribution in [2.75, 3.05) is 39.9 Å². The Kier molecular flexibility index (Phi) is 7.20. The third-order valence-electron chi connectivity index (χ3n) is 4.26. The molecular formula is C15H32N2O. The van der Waals surface area contributed by atoms with Crippen molar-refractivity contribution in [3.8, 4) is 0 Å². The van der Waals surface area contributed by atoms with Gasteiger partial charge in [-0.2, -0.15) is 0 Å². The molecule has 108 valence electrons. The van der Waals surface area contributed by atoms with Crippen LogP contribution in [-0.2, 0) is 4.74 Å². The maximum Gasteiger partial charge on any atom is 0.0546 e. The molecule has 1 N–H and O–H groups in total. The molecule has 0 aliphatic carbocycles. The molecule has 1 fully saturated rings. The molecule has 0 bridgehead atoms. The van der Waals surface area contributed by atoms with Crippen molar-refractivity contribution < 1.29 is 4.74 Å². The molecule has 1 saturated heterocycles. The zero-order valence-electron chi connectivity index (χ0n) is 12.8. The molecule has 2 unspecified atom stereocenters. The second-order valence-corrected chi connectivity index (χ2v) is 6.01. The van der Waals surface area contributed by atoms with Crippen LogP contribution < -0.4 is 5.32 Å². The number of rotatable bonds is 8. The second-order valence-electron chi connectivity index (χ2n) is 6.01. The molecule has 0 aromatic rings. The first-order valence-electron chi connectivity index (χ1n) is 7.62. The molecular weight excluding hydrogens is 224 g/mol. The predicted molar refractivity (Wildman–Crippen MR) is 78.0 cm³/mol. The molecule has 2 atom stereocenters. The third-order valence-corrected chi connectivity index (χ3v) is 4.26. The van der Waals surface area contributed by atoms with E-state index in [1.807, 2.05) is 0 Å². The summed E-state index contributed by atoms with van der Waals surface area (Å²) in [5.41, 5.74) is 0.325. The standard InChI is InChI=1S/C15H32N2O/c1-5-9-16-11-15(8-7-10-18-13-15)12-17(4)14(3)6-2/h14,16H,5-13H2,1-4H3. The van der Waals surface area contributed by atoms with E-state index in [9.17, 15) is 0 Å². The lowest BCUT2D eigenvalue weighted by molar-refractivity contribution is -0.0274. The van der Waals surface area contributed by atoms with Crippen molar-refractivity contribution in [1.29, 1.82) is 0 Å². The van der Waals surface area contributed by atoms with E-state index in [2.05, 4.69) is 38.0 Å². The van der Waals surface area contributed by atoms with Gasteiger partial charge in [0.05, 0.1) is 6.61 Å². The van der Waals surface area contributed by atoms with E-state index in [0.717, 1.165) is 32.8 Å². The van der Waals surface area contributed by atoms with Crippen molar-refractivity contribution in [2.24, 2.45) is 5.41 Å². The highest BCUT2D eigenvalue weighted by atomic mass is 16.5. The Morgan fingerprint density at radius 1 is 1.39 bits per heavy atom. The average Bonchev–Trinajstić information content (AvgIpc) is 2.39. The van der Waals surface area contributed by atoms with Crippen LogP contribution in [0.2, 0.25) is 0 Å². The molecule has 0 aromatic carbocycles. The van der Waals surface area contributed by atoms with Gasteiger partial charge in [-0.25, -0.2) is 0 Å². The number of nitrogens with zero attached hydrogens (tertiary/aromatic N) is 1. The molecule has 0 amide bonds. The molecule has 18 heavy (non-hydrogen) atoms. The van der Waals surface area contributed by atoms with E-state index in [1.54, 1.807) is 0 Å². The van der Waals surface area contributed by atoms with Crippen molar-refractivity contribution in [1.82, 2.24) is 10.2 Å². The van der Waals surface area contributed by atoms with Crippen molar-refractivity contribution >= 4 is 0 Å². The minimum Gasteiger partial charge on any atom is -0.381 e. The topological polar surface area (TPSA) is 24.5 Å². The van der Waals surface area contributed by atoms with Crippen LogP contribution in [0.1, 0.15) is 46.5 Å².